The molecule has 0 unspecified atom stereocenters. The van der Waals surface area contributed by atoms with E-state index in [4.69, 9.17) is 6.42 Å². The zero-order valence-electron chi connectivity index (χ0n) is 10.6. The third kappa shape index (κ3) is 1.36. The summed E-state index contributed by atoms with van der Waals surface area (Å²) in [6, 6.07) is 15.1. The van der Waals surface area contributed by atoms with Crippen LogP contribution in [0.5, 0.6) is 0 Å². The lowest BCUT2D eigenvalue weighted by molar-refractivity contribution is 0.642. The molecule has 1 aromatic heterocycles. The van der Waals surface area contributed by atoms with Crippen molar-refractivity contribution in [2.75, 3.05) is 0 Å². The number of aromatic nitrogens is 1. The molecule has 0 aliphatic heterocycles. The van der Waals surface area contributed by atoms with Crippen LogP contribution in [0, 0.1) is 12.3 Å². The molecule has 2 aromatic carbocycles. The van der Waals surface area contributed by atoms with E-state index >= 15 is 0 Å². The van der Waals surface area contributed by atoms with E-state index in [1.165, 1.54) is 21.8 Å². The van der Waals surface area contributed by atoms with Gasteiger partial charge in [0.1, 0.15) is 0 Å². The number of terminal acetylenes is 1. The molecule has 18 heavy (non-hydrogen) atoms. The number of benzene rings is 2. The topological polar surface area (TPSA) is 4.93 Å². The summed E-state index contributed by atoms with van der Waals surface area (Å²) < 4.78 is 2.33. The van der Waals surface area contributed by atoms with Crippen molar-refractivity contribution in [1.29, 1.82) is 0 Å². The van der Waals surface area contributed by atoms with Gasteiger partial charge in [0, 0.05) is 27.9 Å². The molecule has 0 bridgehead atoms. The molecule has 0 radical (unpaired) electrons. The minimum Gasteiger partial charge on any atom is -0.337 e. The molecule has 0 N–H and O–H groups in total. The molecule has 0 amide bonds. The minimum absolute atomic E-state index is 0.391. The smallest absolute Gasteiger partial charge is 0.0652 e. The van der Waals surface area contributed by atoms with Gasteiger partial charge in [-0.15, -0.1) is 6.42 Å². The van der Waals surface area contributed by atoms with Gasteiger partial charge in [0.05, 0.1) is 5.52 Å². The highest BCUT2D eigenvalue weighted by molar-refractivity contribution is 6.09. The summed E-state index contributed by atoms with van der Waals surface area (Å²) in [4.78, 5) is 0. The quantitative estimate of drug-likeness (QED) is 0.550. The Labute approximate surface area is 107 Å². The molecule has 0 saturated carbocycles. The van der Waals surface area contributed by atoms with E-state index in [9.17, 15) is 0 Å². The number of hydrogen-bond donors (Lipinski definition) is 0. The van der Waals surface area contributed by atoms with Crippen molar-refractivity contribution in [3.63, 3.8) is 0 Å². The molecule has 0 atom stereocenters. The lowest BCUT2D eigenvalue weighted by Gasteiger charge is -2.12. The van der Waals surface area contributed by atoms with Crippen molar-refractivity contribution in [3.05, 3.63) is 48.0 Å². The Kier molecular flexibility index (Phi) is 2.38. The van der Waals surface area contributed by atoms with Crippen LogP contribution in [0.1, 0.15) is 25.5 Å². The van der Waals surface area contributed by atoms with Gasteiger partial charge in [0.25, 0.3) is 0 Å². The summed E-state index contributed by atoms with van der Waals surface area (Å²) in [5.41, 5.74) is 3.40. The Balaban J connectivity index is 2.64. The summed E-state index contributed by atoms with van der Waals surface area (Å²) >= 11 is 0. The van der Waals surface area contributed by atoms with E-state index in [2.05, 4.69) is 54.7 Å². The third-order valence-electron chi connectivity index (χ3n) is 3.40. The number of hydrogen-bond acceptors (Lipinski definition) is 0. The Hall–Kier alpha value is -2.20. The summed E-state index contributed by atoms with van der Waals surface area (Å²) in [6.07, 6.45) is 5.64. The molecule has 0 fully saturated rings. The predicted octanol–water partition coefficient (Wildman–Crippen LogP) is 4.36. The highest BCUT2D eigenvalue weighted by Crippen LogP contribution is 2.33. The van der Waals surface area contributed by atoms with Crippen molar-refractivity contribution >= 4 is 21.8 Å². The van der Waals surface area contributed by atoms with E-state index in [0.717, 1.165) is 5.56 Å². The van der Waals surface area contributed by atoms with Crippen molar-refractivity contribution in [3.8, 4) is 12.3 Å². The summed E-state index contributed by atoms with van der Waals surface area (Å²) in [6.45, 7) is 4.39. The fourth-order valence-electron chi connectivity index (χ4n) is 2.71. The van der Waals surface area contributed by atoms with E-state index in [1.54, 1.807) is 0 Å². The van der Waals surface area contributed by atoms with E-state index < -0.39 is 0 Å². The zero-order chi connectivity index (χ0) is 12.7. The van der Waals surface area contributed by atoms with Gasteiger partial charge < -0.3 is 4.57 Å². The van der Waals surface area contributed by atoms with Gasteiger partial charge in [-0.05, 0) is 26.0 Å². The first-order valence-electron chi connectivity index (χ1n) is 6.22. The van der Waals surface area contributed by atoms with Crippen LogP contribution < -0.4 is 0 Å². The normalized spacial score (nSPS) is 11.2. The Morgan fingerprint density at radius 3 is 2.44 bits per heavy atom. The maximum Gasteiger partial charge on any atom is 0.0652 e. The van der Waals surface area contributed by atoms with Gasteiger partial charge in [-0.25, -0.2) is 0 Å². The van der Waals surface area contributed by atoms with Crippen molar-refractivity contribution in [1.82, 2.24) is 4.57 Å². The summed E-state index contributed by atoms with van der Waals surface area (Å²) in [7, 11) is 0. The molecule has 0 aliphatic rings. The van der Waals surface area contributed by atoms with E-state index in [1.807, 2.05) is 12.1 Å². The first-order valence-corrected chi connectivity index (χ1v) is 6.22. The summed E-state index contributed by atoms with van der Waals surface area (Å²) in [5, 5.41) is 2.52. The van der Waals surface area contributed by atoms with Crippen molar-refractivity contribution in [2.24, 2.45) is 0 Å². The average molecular weight is 233 g/mol. The van der Waals surface area contributed by atoms with Gasteiger partial charge >= 0.3 is 0 Å². The van der Waals surface area contributed by atoms with Gasteiger partial charge in [0.15, 0.2) is 0 Å². The Morgan fingerprint density at radius 2 is 1.72 bits per heavy atom. The summed E-state index contributed by atoms with van der Waals surface area (Å²) in [5.74, 6) is 2.81. The molecule has 0 saturated heterocycles. The lowest BCUT2D eigenvalue weighted by atomic mass is 10.1. The van der Waals surface area contributed by atoms with Crippen LogP contribution >= 0.6 is 0 Å². The Bertz CT molecular complexity index is 769. The van der Waals surface area contributed by atoms with Crippen LogP contribution in [0.15, 0.2) is 42.5 Å². The third-order valence-corrected chi connectivity index (χ3v) is 3.40. The average Bonchev–Trinajstić information content (AvgIpc) is 2.73. The maximum absolute atomic E-state index is 5.64. The second-order valence-corrected chi connectivity index (χ2v) is 4.83. The molecule has 88 valence electrons. The number of rotatable bonds is 1. The number of para-hydroxylation sites is 2. The fraction of sp³-hybridized carbons (Fsp3) is 0.176. The maximum atomic E-state index is 5.64. The van der Waals surface area contributed by atoms with Crippen LogP contribution in [-0.2, 0) is 0 Å². The van der Waals surface area contributed by atoms with Crippen molar-refractivity contribution in [2.45, 2.75) is 19.9 Å². The van der Waals surface area contributed by atoms with Crippen LogP contribution in [0.3, 0.4) is 0 Å². The molecule has 0 aliphatic carbocycles. The SMILES string of the molecule is C#Cc1cccc2c3ccccc3n(C(C)C)c12. The highest BCUT2D eigenvalue weighted by Gasteiger charge is 2.14. The predicted molar refractivity (Wildman–Crippen MR) is 77.8 cm³/mol. The highest BCUT2D eigenvalue weighted by atomic mass is 15.0. The molecular formula is C17H15N. The van der Waals surface area contributed by atoms with E-state index in [-0.39, 0.29) is 0 Å². The standard InChI is InChI=1S/C17H15N/c1-4-13-8-7-10-15-14-9-5-6-11-16(14)18(12(2)3)17(13)15/h1,5-12H,2-3H3. The van der Waals surface area contributed by atoms with Crippen LogP contribution in [-0.4, -0.2) is 4.57 Å². The molecule has 1 nitrogen and oxygen atoms in total. The van der Waals surface area contributed by atoms with Gasteiger partial charge in [-0.1, -0.05) is 36.3 Å². The number of fused-ring (bicyclic) bond motifs is 3. The fourth-order valence-corrected chi connectivity index (χ4v) is 2.71. The second-order valence-electron chi connectivity index (χ2n) is 4.83. The van der Waals surface area contributed by atoms with Gasteiger partial charge in [-0.2, -0.15) is 0 Å². The molecule has 3 aromatic rings. The molecule has 1 heterocycles. The van der Waals surface area contributed by atoms with E-state index in [0.29, 0.717) is 6.04 Å². The first-order chi connectivity index (χ1) is 8.74. The minimum atomic E-state index is 0.391. The molecule has 1 heteroatoms. The first kappa shape index (κ1) is 10.9. The van der Waals surface area contributed by atoms with Gasteiger partial charge in [0.2, 0.25) is 0 Å². The van der Waals surface area contributed by atoms with Gasteiger partial charge in [-0.3, -0.25) is 0 Å². The zero-order valence-corrected chi connectivity index (χ0v) is 10.6. The largest absolute Gasteiger partial charge is 0.337 e. The van der Waals surface area contributed by atoms with Crippen molar-refractivity contribution < 1.29 is 0 Å². The second kappa shape index (κ2) is 3.92. The molecular weight excluding hydrogens is 218 g/mol. The molecule has 3 rings (SSSR count). The number of nitrogens with zero attached hydrogens (tertiary/aromatic N) is 1. The van der Waals surface area contributed by atoms with Crippen LogP contribution in [0.2, 0.25) is 0 Å². The molecule has 0 spiro atoms. The van der Waals surface area contributed by atoms with Crippen LogP contribution in [0.25, 0.3) is 21.8 Å². The lowest BCUT2D eigenvalue weighted by Crippen LogP contribution is -2.01. The van der Waals surface area contributed by atoms with Crippen LogP contribution in [0.4, 0.5) is 0 Å². The Morgan fingerprint density at radius 1 is 1.00 bits per heavy atom. The monoisotopic (exact) mass is 233 g/mol.